The van der Waals surface area contributed by atoms with E-state index < -0.39 is 10.0 Å². The van der Waals surface area contributed by atoms with Crippen LogP contribution in [0.3, 0.4) is 0 Å². The Kier molecular flexibility index (Phi) is 3.01. The van der Waals surface area contributed by atoms with E-state index in [1.54, 1.807) is 18.2 Å². The van der Waals surface area contributed by atoms with E-state index in [1.165, 1.54) is 0 Å². The van der Waals surface area contributed by atoms with Gasteiger partial charge in [0.25, 0.3) is 0 Å². The molecule has 5 nitrogen and oxygen atoms in total. The molecule has 1 heterocycles. The molecule has 1 N–H and O–H groups in total. The highest BCUT2D eigenvalue weighted by molar-refractivity contribution is 7.89. The van der Waals surface area contributed by atoms with E-state index in [1.807, 2.05) is 0 Å². The van der Waals surface area contributed by atoms with Crippen molar-refractivity contribution in [2.24, 2.45) is 0 Å². The van der Waals surface area contributed by atoms with E-state index in [4.69, 9.17) is 11.6 Å². The molecular weight excluding hydrogens is 294 g/mol. The third-order valence-electron chi connectivity index (χ3n) is 2.94. The molecule has 1 saturated carbocycles. The van der Waals surface area contributed by atoms with Gasteiger partial charge < -0.3 is 0 Å². The van der Waals surface area contributed by atoms with Crippen molar-refractivity contribution in [2.75, 3.05) is 0 Å². The van der Waals surface area contributed by atoms with Gasteiger partial charge in [0, 0.05) is 11.4 Å². The third kappa shape index (κ3) is 2.11. The minimum absolute atomic E-state index is 0.0700. The van der Waals surface area contributed by atoms with Crippen LogP contribution in [0.5, 0.6) is 0 Å². The van der Waals surface area contributed by atoms with Crippen molar-refractivity contribution < 1.29 is 8.42 Å². The van der Waals surface area contributed by atoms with Crippen LogP contribution in [-0.2, 0) is 10.0 Å². The highest BCUT2D eigenvalue weighted by Crippen LogP contribution is 2.28. The van der Waals surface area contributed by atoms with E-state index in [2.05, 4.69) is 13.5 Å². The van der Waals surface area contributed by atoms with Crippen LogP contribution in [-0.4, -0.2) is 28.6 Å². The number of benzene rings is 1. The van der Waals surface area contributed by atoms with Gasteiger partial charge in [0.05, 0.1) is 11.7 Å². The summed E-state index contributed by atoms with van der Waals surface area (Å²) in [6, 6.07) is 4.89. The van der Waals surface area contributed by atoms with Crippen LogP contribution >= 0.6 is 23.3 Å². The molecule has 1 aliphatic carbocycles. The quantitative estimate of drug-likeness (QED) is 0.877. The molecule has 0 atom stereocenters. The molecule has 18 heavy (non-hydrogen) atoms. The predicted octanol–water partition coefficient (Wildman–Crippen LogP) is 1.74. The molecule has 1 aromatic heterocycles. The highest BCUT2D eigenvalue weighted by atomic mass is 35.5. The van der Waals surface area contributed by atoms with Gasteiger partial charge in [-0.3, -0.25) is 0 Å². The van der Waals surface area contributed by atoms with Gasteiger partial charge in [-0.25, -0.2) is 13.1 Å². The fraction of sp³-hybridized carbons (Fsp3) is 0.400. The standard InChI is InChI=1S/C10H10ClN3O2S2/c11-6-4-7(5-6)14-18(15,16)9-3-1-2-8-10(9)13-17-12-8/h1-3,6-7,14H,4-5H2. The van der Waals surface area contributed by atoms with Crippen molar-refractivity contribution >= 4 is 44.4 Å². The lowest BCUT2D eigenvalue weighted by Crippen LogP contribution is -2.44. The Balaban J connectivity index is 1.95. The molecule has 96 valence electrons. The Bertz CT molecular complexity index is 679. The lowest BCUT2D eigenvalue weighted by molar-refractivity contribution is 0.391. The maximum absolute atomic E-state index is 12.2. The number of nitrogens with zero attached hydrogens (tertiary/aromatic N) is 2. The third-order valence-corrected chi connectivity index (χ3v) is 5.39. The van der Waals surface area contributed by atoms with Crippen molar-refractivity contribution in [2.45, 2.75) is 29.2 Å². The smallest absolute Gasteiger partial charge is 0.208 e. The minimum atomic E-state index is -3.54. The second kappa shape index (κ2) is 4.41. The molecule has 1 aliphatic rings. The van der Waals surface area contributed by atoms with Gasteiger partial charge in [-0.15, -0.1) is 11.6 Å². The lowest BCUT2D eigenvalue weighted by atomic mass is 9.94. The van der Waals surface area contributed by atoms with Crippen LogP contribution in [0, 0.1) is 0 Å². The number of alkyl halides is 1. The largest absolute Gasteiger partial charge is 0.243 e. The average Bonchev–Trinajstić information content (AvgIpc) is 2.73. The molecule has 0 aliphatic heterocycles. The molecule has 1 aromatic carbocycles. The first-order valence-corrected chi connectivity index (χ1v) is 8.09. The number of hydrogen-bond donors (Lipinski definition) is 1. The van der Waals surface area contributed by atoms with Crippen molar-refractivity contribution in [3.8, 4) is 0 Å². The SMILES string of the molecule is O=S(=O)(NC1CC(Cl)C1)c1cccc2nsnc12. The van der Waals surface area contributed by atoms with Gasteiger partial charge in [-0.05, 0) is 25.0 Å². The average molecular weight is 304 g/mol. The van der Waals surface area contributed by atoms with Crippen LogP contribution in [0.15, 0.2) is 23.1 Å². The number of hydrogen-bond acceptors (Lipinski definition) is 5. The summed E-state index contributed by atoms with van der Waals surface area (Å²) in [7, 11) is -3.54. The highest BCUT2D eigenvalue weighted by Gasteiger charge is 2.32. The molecule has 0 bridgehead atoms. The molecule has 1 fully saturated rings. The Labute approximate surface area is 114 Å². The van der Waals surface area contributed by atoms with Crippen molar-refractivity contribution in [3.63, 3.8) is 0 Å². The Morgan fingerprint density at radius 2 is 2.11 bits per heavy atom. The summed E-state index contributed by atoms with van der Waals surface area (Å²) in [6.07, 6.45) is 1.35. The number of halogens is 1. The van der Waals surface area contributed by atoms with E-state index in [9.17, 15) is 8.42 Å². The van der Waals surface area contributed by atoms with Gasteiger partial charge in [0.2, 0.25) is 10.0 Å². The first kappa shape index (κ1) is 12.3. The van der Waals surface area contributed by atoms with Crippen LogP contribution in [0.25, 0.3) is 11.0 Å². The number of sulfonamides is 1. The van der Waals surface area contributed by atoms with Crippen LogP contribution < -0.4 is 4.72 Å². The van der Waals surface area contributed by atoms with E-state index in [-0.39, 0.29) is 16.3 Å². The van der Waals surface area contributed by atoms with E-state index >= 15 is 0 Å². The molecule has 0 saturated heterocycles. The van der Waals surface area contributed by atoms with Gasteiger partial charge >= 0.3 is 0 Å². The maximum atomic E-state index is 12.2. The molecule has 0 radical (unpaired) electrons. The van der Waals surface area contributed by atoms with Gasteiger partial charge in [-0.2, -0.15) is 8.75 Å². The molecule has 2 aromatic rings. The Hall–Kier alpha value is -0.760. The fourth-order valence-corrected chi connectivity index (χ4v) is 4.38. The summed E-state index contributed by atoms with van der Waals surface area (Å²) >= 11 is 6.85. The Morgan fingerprint density at radius 3 is 2.83 bits per heavy atom. The summed E-state index contributed by atoms with van der Waals surface area (Å²) in [6.45, 7) is 0. The first-order valence-electron chi connectivity index (χ1n) is 5.44. The summed E-state index contributed by atoms with van der Waals surface area (Å²) in [5, 5.41) is 0.0782. The zero-order valence-electron chi connectivity index (χ0n) is 9.21. The zero-order chi connectivity index (χ0) is 12.8. The second-order valence-electron chi connectivity index (χ2n) is 4.28. The summed E-state index contributed by atoms with van der Waals surface area (Å²) in [5.74, 6) is 0. The maximum Gasteiger partial charge on any atom is 0.243 e. The van der Waals surface area contributed by atoms with Crippen LogP contribution in [0.4, 0.5) is 0 Å². The molecule has 8 heteroatoms. The van der Waals surface area contributed by atoms with Crippen molar-refractivity contribution in [3.05, 3.63) is 18.2 Å². The van der Waals surface area contributed by atoms with Crippen molar-refractivity contribution in [1.29, 1.82) is 0 Å². The normalized spacial score (nSPS) is 24.1. The fourth-order valence-electron chi connectivity index (χ4n) is 1.93. The number of rotatable bonds is 3. The topological polar surface area (TPSA) is 72.0 Å². The van der Waals surface area contributed by atoms with Crippen LogP contribution in [0.2, 0.25) is 0 Å². The van der Waals surface area contributed by atoms with E-state index in [0.717, 1.165) is 11.7 Å². The monoisotopic (exact) mass is 303 g/mol. The first-order chi connectivity index (χ1) is 8.56. The van der Waals surface area contributed by atoms with Crippen molar-refractivity contribution in [1.82, 2.24) is 13.5 Å². The Morgan fingerprint density at radius 1 is 1.33 bits per heavy atom. The second-order valence-corrected chi connectivity index (χ2v) is 7.10. The minimum Gasteiger partial charge on any atom is -0.208 e. The predicted molar refractivity (Wildman–Crippen MR) is 70.4 cm³/mol. The van der Waals surface area contributed by atoms with E-state index in [0.29, 0.717) is 23.9 Å². The number of nitrogens with one attached hydrogen (secondary N) is 1. The van der Waals surface area contributed by atoms with Crippen LogP contribution in [0.1, 0.15) is 12.8 Å². The lowest BCUT2D eigenvalue weighted by Gasteiger charge is -2.31. The number of aromatic nitrogens is 2. The van der Waals surface area contributed by atoms with Gasteiger partial charge in [-0.1, -0.05) is 6.07 Å². The number of fused-ring (bicyclic) bond motifs is 1. The summed E-state index contributed by atoms with van der Waals surface area (Å²) in [5.41, 5.74) is 1.03. The molecule has 0 amide bonds. The summed E-state index contributed by atoms with van der Waals surface area (Å²) < 4.78 is 35.2. The summed E-state index contributed by atoms with van der Waals surface area (Å²) in [4.78, 5) is 0.187. The van der Waals surface area contributed by atoms with Gasteiger partial charge in [0.1, 0.15) is 15.9 Å². The molecule has 0 spiro atoms. The molecule has 3 rings (SSSR count). The molecule has 0 unspecified atom stereocenters. The van der Waals surface area contributed by atoms with Gasteiger partial charge in [0.15, 0.2) is 0 Å². The molecular formula is C10H10ClN3O2S2. The zero-order valence-corrected chi connectivity index (χ0v) is 11.6.